The van der Waals surface area contributed by atoms with Gasteiger partial charge in [-0.1, -0.05) is 0 Å². The quantitative estimate of drug-likeness (QED) is 0.314. The van der Waals surface area contributed by atoms with E-state index in [0.717, 1.165) is 0 Å². The van der Waals surface area contributed by atoms with E-state index in [1.165, 1.54) is 6.92 Å². The van der Waals surface area contributed by atoms with E-state index in [1.807, 2.05) is 0 Å². The first-order valence-electron chi connectivity index (χ1n) is 1.73. The van der Waals surface area contributed by atoms with Crippen LogP contribution in [-0.4, -0.2) is 50.4 Å². The van der Waals surface area contributed by atoms with E-state index in [2.05, 4.69) is 0 Å². The van der Waals surface area contributed by atoms with E-state index in [1.54, 1.807) is 0 Å². The molecule has 0 unspecified atom stereocenters. The zero-order valence-electron chi connectivity index (χ0n) is 3.55. The maximum atomic E-state index is 8.08. The van der Waals surface area contributed by atoms with Crippen molar-refractivity contribution in [2.45, 2.75) is 6.92 Å². The molecule has 0 spiro atoms. The summed E-state index contributed by atoms with van der Waals surface area (Å²) in [4.78, 5) is 24.2. The molecule has 0 heterocycles. The van der Waals surface area contributed by atoms with E-state index >= 15 is 0 Å². The van der Waals surface area contributed by atoms with Crippen LogP contribution in [-0.2, 0) is 0 Å². The molecule has 0 fully saturated rings. The third-order valence-electron chi connectivity index (χ3n) is 0.474. The zero-order chi connectivity index (χ0) is 5.21. The van der Waals surface area contributed by atoms with E-state index in [-0.39, 0.29) is 35.7 Å². The van der Waals surface area contributed by atoms with Gasteiger partial charge in [0.05, 0.1) is 0 Å². The summed E-state index contributed by atoms with van der Waals surface area (Å²) in [6.45, 7) is 1.52. The molecule has 0 amide bonds. The van der Waals surface area contributed by atoms with Crippen molar-refractivity contribution in [1.29, 1.82) is 0 Å². The summed E-state index contributed by atoms with van der Waals surface area (Å²) >= 11 is 0. The third kappa shape index (κ3) is 11.1. The molecule has 0 radical (unpaired) electrons. The van der Waals surface area contributed by atoms with Gasteiger partial charge in [0.25, 0.3) is 0 Å². The molecule has 42 valence electrons. The molecule has 7 heavy (non-hydrogen) atoms. The molecule has 0 saturated carbocycles. The molecule has 0 aliphatic heterocycles. The summed E-state index contributed by atoms with van der Waals surface area (Å²) in [6, 6.07) is 0. The van der Waals surface area contributed by atoms with Gasteiger partial charge in [-0.15, -0.1) is 0 Å². The van der Waals surface area contributed by atoms with Gasteiger partial charge in [-0.25, -0.2) is 0 Å². The van der Waals surface area contributed by atoms with E-state index in [0.29, 0.717) is 0 Å². The predicted octanol–water partition coefficient (Wildman–Crippen LogP) is -1.17. The second kappa shape index (κ2) is 4.21. The fraction of sp³-hybridized carbons (Fsp3) is 1.00. The molecule has 0 aromatic rings. The predicted molar refractivity (Wildman–Crippen MR) is 32.7 cm³/mol. The fourth-order valence-corrected chi connectivity index (χ4v) is 0. The van der Waals surface area contributed by atoms with Crippen molar-refractivity contribution in [1.82, 2.24) is 0 Å². The first-order chi connectivity index (χ1) is 2.56. The molecule has 5 heteroatoms. The third-order valence-corrected chi connectivity index (χ3v) is 1.42. The normalized spacial score (nSPS) is 12.6. The first-order valence-corrected chi connectivity index (χ1v) is 3.78. The van der Waals surface area contributed by atoms with Crippen molar-refractivity contribution in [2.24, 2.45) is 0 Å². The number of hydrogen-bond acceptors (Lipinski definition) is 3. The molecule has 0 aliphatic rings. The molecule has 0 aromatic heterocycles. The molecule has 3 N–H and O–H groups in total. The Morgan fingerprint density at radius 2 is 1.43 bits per heavy atom. The second-order valence-electron chi connectivity index (χ2n) is 1.13. The summed E-state index contributed by atoms with van der Waals surface area (Å²) < 4.78 is 0. The minimum absolute atomic E-state index is 0. The Bertz CT molecular complexity index is 42.7. The zero-order valence-corrected chi connectivity index (χ0v) is 4.55. The average Bonchev–Trinajstić information content (AvgIpc) is 1.35. The van der Waals surface area contributed by atoms with Gasteiger partial charge in [-0.05, 0) is 0 Å². The van der Waals surface area contributed by atoms with Gasteiger partial charge in [-0.3, -0.25) is 0 Å². The summed E-state index contributed by atoms with van der Waals surface area (Å²) in [5.74, 6) is 0. The van der Waals surface area contributed by atoms with Crippen molar-refractivity contribution in [2.75, 3.05) is 6.16 Å². The molecular formula is C2H10NaO3P. The fourth-order valence-electron chi connectivity index (χ4n) is 0. The van der Waals surface area contributed by atoms with Gasteiger partial charge in [0.2, 0.25) is 0 Å². The molecule has 0 saturated heterocycles. The van der Waals surface area contributed by atoms with Crippen LogP contribution in [0.25, 0.3) is 0 Å². The Hall–Kier alpha value is 1.31. The van der Waals surface area contributed by atoms with Crippen molar-refractivity contribution in [3.8, 4) is 0 Å². The van der Waals surface area contributed by atoms with Crippen LogP contribution in [0, 0.1) is 0 Å². The molecule has 0 aromatic carbocycles. The standard InChI is InChI=1S/C2H9O3P.Na.H/c1-2-6(3,4)5;;/h3-6H,2H2,1H3;;. The van der Waals surface area contributed by atoms with Crippen molar-refractivity contribution < 1.29 is 14.7 Å². The second-order valence-corrected chi connectivity index (χ2v) is 3.38. The topological polar surface area (TPSA) is 60.7 Å². The van der Waals surface area contributed by atoms with Crippen molar-refractivity contribution in [3.63, 3.8) is 0 Å². The van der Waals surface area contributed by atoms with Gasteiger partial charge < -0.3 is 0 Å². The molecule has 0 bridgehead atoms. The SMILES string of the molecule is CC[PH](O)(O)O.[NaH]. The van der Waals surface area contributed by atoms with Gasteiger partial charge in [0.15, 0.2) is 0 Å². The van der Waals surface area contributed by atoms with Crippen LogP contribution in [0.4, 0.5) is 0 Å². The number of rotatable bonds is 1. The minimum atomic E-state index is -3.63. The first kappa shape index (κ1) is 11.2. The molecule has 3 nitrogen and oxygen atoms in total. The Morgan fingerprint density at radius 3 is 1.43 bits per heavy atom. The monoisotopic (exact) mass is 136 g/mol. The summed E-state index contributed by atoms with van der Waals surface area (Å²) in [5.41, 5.74) is 0. The van der Waals surface area contributed by atoms with Crippen LogP contribution in [0.15, 0.2) is 0 Å². The maximum absolute atomic E-state index is 8.08. The van der Waals surface area contributed by atoms with Crippen LogP contribution in [0.3, 0.4) is 0 Å². The Labute approximate surface area is 65.2 Å². The van der Waals surface area contributed by atoms with Gasteiger partial charge >= 0.3 is 65.3 Å². The molecule has 0 aliphatic carbocycles. The summed E-state index contributed by atoms with van der Waals surface area (Å²) in [7, 11) is -3.63. The van der Waals surface area contributed by atoms with E-state index in [4.69, 9.17) is 14.7 Å². The van der Waals surface area contributed by atoms with Gasteiger partial charge in [0, 0.05) is 0 Å². The van der Waals surface area contributed by atoms with Crippen molar-refractivity contribution >= 4 is 37.5 Å². The Morgan fingerprint density at radius 1 is 1.29 bits per heavy atom. The summed E-state index contributed by atoms with van der Waals surface area (Å²) in [6.07, 6.45) is 0.0764. The van der Waals surface area contributed by atoms with E-state index in [9.17, 15) is 0 Å². The summed E-state index contributed by atoms with van der Waals surface area (Å²) in [5, 5.41) is 0. The average molecular weight is 136 g/mol. The van der Waals surface area contributed by atoms with Crippen LogP contribution in [0.2, 0.25) is 0 Å². The van der Waals surface area contributed by atoms with Crippen LogP contribution in [0.1, 0.15) is 6.92 Å². The Balaban J connectivity index is 0. The van der Waals surface area contributed by atoms with E-state index < -0.39 is 7.94 Å². The van der Waals surface area contributed by atoms with Crippen molar-refractivity contribution in [3.05, 3.63) is 0 Å². The molecule has 0 rings (SSSR count). The van der Waals surface area contributed by atoms with Crippen LogP contribution < -0.4 is 0 Å². The molecular weight excluding hydrogens is 126 g/mol. The molecule has 0 atom stereocenters. The van der Waals surface area contributed by atoms with Gasteiger partial charge in [0.1, 0.15) is 0 Å². The Kier molecular flexibility index (Phi) is 6.72. The van der Waals surface area contributed by atoms with Crippen LogP contribution >= 0.6 is 7.94 Å². The number of hydrogen-bond donors (Lipinski definition) is 3. The van der Waals surface area contributed by atoms with Gasteiger partial charge in [-0.2, -0.15) is 0 Å². The van der Waals surface area contributed by atoms with Crippen LogP contribution in [0.5, 0.6) is 0 Å².